The Morgan fingerprint density at radius 3 is 2.65 bits per heavy atom. The second kappa shape index (κ2) is 7.48. The molecule has 1 N–H and O–H groups in total. The van der Waals surface area contributed by atoms with Gasteiger partial charge in [0.1, 0.15) is 12.2 Å². The summed E-state index contributed by atoms with van der Waals surface area (Å²) in [6, 6.07) is 1.87. The van der Waals surface area contributed by atoms with Crippen molar-refractivity contribution in [1.29, 1.82) is 0 Å². The summed E-state index contributed by atoms with van der Waals surface area (Å²) in [5.74, 6) is -0.433. The Hall–Kier alpha value is -2.36. The van der Waals surface area contributed by atoms with Gasteiger partial charge in [0.15, 0.2) is 0 Å². The first-order chi connectivity index (χ1) is 12.3. The molecule has 1 aromatic rings. The lowest BCUT2D eigenvalue weighted by Crippen LogP contribution is -2.56. The third kappa shape index (κ3) is 4.24. The van der Waals surface area contributed by atoms with E-state index in [1.54, 1.807) is 0 Å². The number of piperazine rings is 1. The normalized spacial score (nSPS) is 19.6. The average Bonchev–Trinajstić information content (AvgIpc) is 2.62. The Morgan fingerprint density at radius 2 is 2.00 bits per heavy atom. The van der Waals surface area contributed by atoms with Crippen molar-refractivity contribution < 1.29 is 27.5 Å². The summed E-state index contributed by atoms with van der Waals surface area (Å²) < 4.78 is 43.6. The SMILES string of the molecule is O=C(NC1CCOCC1)N1CCN(c2ccnc(C(F)(F)F)c2)C(=O)C1. The number of ether oxygens (including phenoxy) is 1. The maximum absolute atomic E-state index is 12.8. The second-order valence-corrected chi connectivity index (χ2v) is 6.20. The van der Waals surface area contributed by atoms with Gasteiger partial charge in [0.2, 0.25) is 5.91 Å². The molecule has 3 heterocycles. The molecule has 2 aliphatic heterocycles. The molecule has 3 rings (SSSR count). The van der Waals surface area contributed by atoms with Gasteiger partial charge in [-0.1, -0.05) is 0 Å². The van der Waals surface area contributed by atoms with Crippen molar-refractivity contribution in [2.75, 3.05) is 37.7 Å². The Balaban J connectivity index is 1.61. The van der Waals surface area contributed by atoms with Crippen LogP contribution in [0.2, 0.25) is 0 Å². The Labute approximate surface area is 148 Å². The van der Waals surface area contributed by atoms with Gasteiger partial charge in [0.05, 0.1) is 0 Å². The molecule has 0 unspecified atom stereocenters. The third-order valence-electron chi connectivity index (χ3n) is 4.40. The van der Waals surface area contributed by atoms with E-state index in [0.29, 0.717) is 13.2 Å². The first-order valence-corrected chi connectivity index (χ1v) is 8.31. The molecular formula is C16H19F3N4O3. The van der Waals surface area contributed by atoms with Crippen LogP contribution in [0.1, 0.15) is 18.5 Å². The summed E-state index contributed by atoms with van der Waals surface area (Å²) in [5, 5.41) is 2.87. The van der Waals surface area contributed by atoms with Crippen molar-refractivity contribution in [3.63, 3.8) is 0 Å². The van der Waals surface area contributed by atoms with Gasteiger partial charge < -0.3 is 19.9 Å². The number of hydrogen-bond donors (Lipinski definition) is 1. The minimum Gasteiger partial charge on any atom is -0.381 e. The summed E-state index contributed by atoms with van der Waals surface area (Å²) in [6.45, 7) is 1.35. The van der Waals surface area contributed by atoms with Crippen LogP contribution in [0.3, 0.4) is 0 Å². The summed E-state index contributed by atoms with van der Waals surface area (Å²) in [6.07, 6.45) is -2.12. The largest absolute Gasteiger partial charge is 0.433 e. The Morgan fingerprint density at radius 1 is 1.27 bits per heavy atom. The quantitative estimate of drug-likeness (QED) is 0.857. The highest BCUT2D eigenvalue weighted by atomic mass is 19.4. The van der Waals surface area contributed by atoms with Crippen LogP contribution in [-0.2, 0) is 15.7 Å². The maximum atomic E-state index is 12.8. The van der Waals surface area contributed by atoms with E-state index in [1.165, 1.54) is 15.9 Å². The summed E-state index contributed by atoms with van der Waals surface area (Å²) in [5.41, 5.74) is -0.927. The zero-order valence-corrected chi connectivity index (χ0v) is 14.0. The molecule has 26 heavy (non-hydrogen) atoms. The molecular weight excluding hydrogens is 353 g/mol. The Bertz CT molecular complexity index is 677. The maximum Gasteiger partial charge on any atom is 0.433 e. The molecule has 0 spiro atoms. The monoisotopic (exact) mass is 372 g/mol. The number of carbonyl (C=O) groups excluding carboxylic acids is 2. The summed E-state index contributed by atoms with van der Waals surface area (Å²) >= 11 is 0. The fourth-order valence-electron chi connectivity index (χ4n) is 2.97. The number of rotatable bonds is 2. The fraction of sp³-hybridized carbons (Fsp3) is 0.562. The van der Waals surface area contributed by atoms with Gasteiger partial charge in [-0.3, -0.25) is 9.78 Å². The molecule has 0 aromatic carbocycles. The van der Waals surface area contributed by atoms with Crippen LogP contribution in [0.5, 0.6) is 0 Å². The second-order valence-electron chi connectivity index (χ2n) is 6.20. The number of carbonyl (C=O) groups is 2. The number of nitrogens with zero attached hydrogens (tertiary/aromatic N) is 3. The van der Waals surface area contributed by atoms with E-state index in [-0.39, 0.29) is 37.4 Å². The van der Waals surface area contributed by atoms with E-state index in [1.807, 2.05) is 0 Å². The van der Waals surface area contributed by atoms with Crippen LogP contribution >= 0.6 is 0 Å². The lowest BCUT2D eigenvalue weighted by atomic mass is 10.1. The Kier molecular flexibility index (Phi) is 5.30. The predicted octanol–water partition coefficient (Wildman–Crippen LogP) is 1.64. The minimum atomic E-state index is -4.58. The van der Waals surface area contributed by atoms with Crippen molar-refractivity contribution in [2.45, 2.75) is 25.1 Å². The van der Waals surface area contributed by atoms with Crippen LogP contribution in [-0.4, -0.2) is 60.7 Å². The number of halogens is 3. The molecule has 1 aromatic heterocycles. The number of alkyl halides is 3. The average molecular weight is 372 g/mol. The van der Waals surface area contributed by atoms with Crippen molar-refractivity contribution in [3.05, 3.63) is 24.0 Å². The highest BCUT2D eigenvalue weighted by Crippen LogP contribution is 2.30. The van der Waals surface area contributed by atoms with Crippen LogP contribution in [0.4, 0.5) is 23.7 Å². The van der Waals surface area contributed by atoms with Gasteiger partial charge in [-0.05, 0) is 25.0 Å². The third-order valence-corrected chi connectivity index (χ3v) is 4.40. The highest BCUT2D eigenvalue weighted by molar-refractivity contribution is 5.97. The topological polar surface area (TPSA) is 74.8 Å². The molecule has 142 valence electrons. The molecule has 7 nitrogen and oxygen atoms in total. The van der Waals surface area contributed by atoms with Gasteiger partial charge in [-0.25, -0.2) is 4.79 Å². The number of nitrogens with one attached hydrogen (secondary N) is 1. The van der Waals surface area contributed by atoms with E-state index in [2.05, 4.69) is 10.3 Å². The van der Waals surface area contributed by atoms with Crippen LogP contribution in [0.15, 0.2) is 18.3 Å². The standard InChI is InChI=1S/C16H19F3N4O3/c17-16(18,19)13-9-12(1-4-20-13)23-6-5-22(10-14(23)24)15(25)21-11-2-7-26-8-3-11/h1,4,9,11H,2-3,5-8,10H2,(H,21,25). The number of urea groups is 1. The predicted molar refractivity (Wildman–Crippen MR) is 85.5 cm³/mol. The number of anilines is 1. The van der Waals surface area contributed by atoms with Crippen LogP contribution in [0, 0.1) is 0 Å². The highest BCUT2D eigenvalue weighted by Gasteiger charge is 2.34. The smallest absolute Gasteiger partial charge is 0.381 e. The summed E-state index contributed by atoms with van der Waals surface area (Å²) in [7, 11) is 0. The zero-order valence-electron chi connectivity index (χ0n) is 14.0. The molecule has 0 atom stereocenters. The fourth-order valence-corrected chi connectivity index (χ4v) is 2.97. The van der Waals surface area contributed by atoms with Gasteiger partial charge in [0.25, 0.3) is 0 Å². The molecule has 0 radical (unpaired) electrons. The first kappa shape index (κ1) is 18.4. The molecule has 2 fully saturated rings. The molecule has 0 aliphatic carbocycles. The number of hydrogen-bond acceptors (Lipinski definition) is 4. The van der Waals surface area contributed by atoms with E-state index in [4.69, 9.17) is 4.74 Å². The summed E-state index contributed by atoms with van der Waals surface area (Å²) in [4.78, 5) is 30.5. The van der Waals surface area contributed by atoms with Gasteiger partial charge in [-0.2, -0.15) is 13.2 Å². The van der Waals surface area contributed by atoms with Gasteiger partial charge >= 0.3 is 12.2 Å². The lowest BCUT2D eigenvalue weighted by molar-refractivity contribution is -0.141. The van der Waals surface area contributed by atoms with Gasteiger partial charge in [-0.15, -0.1) is 0 Å². The number of aromatic nitrogens is 1. The van der Waals surface area contributed by atoms with E-state index in [0.717, 1.165) is 25.1 Å². The minimum absolute atomic E-state index is 0.0129. The first-order valence-electron chi connectivity index (χ1n) is 8.31. The molecule has 0 saturated carbocycles. The van der Waals surface area contributed by atoms with Crippen molar-refractivity contribution in [3.8, 4) is 0 Å². The molecule has 0 bridgehead atoms. The van der Waals surface area contributed by atoms with Crippen LogP contribution in [0.25, 0.3) is 0 Å². The molecule has 3 amide bonds. The molecule has 2 aliphatic rings. The number of pyridine rings is 1. The lowest BCUT2D eigenvalue weighted by Gasteiger charge is -2.35. The van der Waals surface area contributed by atoms with Gasteiger partial charge in [0, 0.05) is 44.2 Å². The van der Waals surface area contributed by atoms with Crippen molar-refractivity contribution >= 4 is 17.6 Å². The zero-order chi connectivity index (χ0) is 18.7. The number of amides is 3. The van der Waals surface area contributed by atoms with Crippen molar-refractivity contribution in [1.82, 2.24) is 15.2 Å². The molecule has 2 saturated heterocycles. The van der Waals surface area contributed by atoms with E-state index in [9.17, 15) is 22.8 Å². The molecule has 10 heteroatoms. The van der Waals surface area contributed by atoms with Crippen LogP contribution < -0.4 is 10.2 Å². The van der Waals surface area contributed by atoms with E-state index >= 15 is 0 Å². The van der Waals surface area contributed by atoms with Crippen molar-refractivity contribution in [2.24, 2.45) is 0 Å². The van der Waals surface area contributed by atoms with E-state index < -0.39 is 17.8 Å².